The van der Waals surface area contributed by atoms with Crippen LogP contribution in [-0.2, 0) is 6.61 Å². The molecule has 0 radical (unpaired) electrons. The number of hydrogen-bond acceptors (Lipinski definition) is 4. The molecule has 0 N–H and O–H groups in total. The molecule has 94 valence electrons. The summed E-state index contributed by atoms with van der Waals surface area (Å²) in [7, 11) is 0. The summed E-state index contributed by atoms with van der Waals surface area (Å²) in [6.45, 7) is 0.338. The molecule has 4 nitrogen and oxygen atoms in total. The number of pyridine rings is 1. The summed E-state index contributed by atoms with van der Waals surface area (Å²) in [6.07, 6.45) is 1.39. The number of carbonyl (C=O) groups excluding carboxylic acids is 1. The number of benzene rings is 1. The molecule has 0 atom stereocenters. The maximum absolute atomic E-state index is 11.7. The van der Waals surface area contributed by atoms with Crippen LogP contribution in [0.15, 0.2) is 48.7 Å². The molecule has 0 saturated carbocycles. The van der Waals surface area contributed by atoms with E-state index in [1.165, 1.54) is 0 Å². The van der Waals surface area contributed by atoms with Crippen LogP contribution in [0.2, 0.25) is 0 Å². The van der Waals surface area contributed by atoms with Crippen LogP contribution in [-0.4, -0.2) is 10.8 Å². The van der Waals surface area contributed by atoms with Crippen molar-refractivity contribution >= 4 is 5.78 Å². The Bertz CT molecular complexity index is 603. The van der Waals surface area contributed by atoms with Gasteiger partial charge in [0.05, 0.1) is 18.1 Å². The highest BCUT2D eigenvalue weighted by Crippen LogP contribution is 2.17. The Labute approximate surface area is 111 Å². The maximum Gasteiger partial charge on any atom is 0.224 e. The smallest absolute Gasteiger partial charge is 0.224 e. The largest absolute Gasteiger partial charge is 0.472 e. The van der Waals surface area contributed by atoms with Crippen molar-refractivity contribution < 1.29 is 9.53 Å². The molecule has 1 aromatic heterocycles. The second-order valence-electron chi connectivity index (χ2n) is 3.89. The van der Waals surface area contributed by atoms with Crippen molar-refractivity contribution in [3.8, 4) is 11.9 Å². The first-order valence-corrected chi connectivity index (χ1v) is 5.83. The first-order chi connectivity index (χ1) is 9.31. The van der Waals surface area contributed by atoms with Crippen LogP contribution in [0.25, 0.3) is 0 Å². The SMILES string of the molecule is N#CCC(=O)c1cccnc1OCc1ccccc1. The number of Topliss-reactive ketones (excluding diaryl/α,β-unsaturated/α-hetero) is 1. The summed E-state index contributed by atoms with van der Waals surface area (Å²) in [4.78, 5) is 15.8. The lowest BCUT2D eigenvalue weighted by Crippen LogP contribution is -2.05. The predicted molar refractivity (Wildman–Crippen MR) is 69.6 cm³/mol. The highest BCUT2D eigenvalue weighted by Gasteiger charge is 2.12. The van der Waals surface area contributed by atoms with Gasteiger partial charge in [-0.1, -0.05) is 30.3 Å². The molecule has 0 bridgehead atoms. The lowest BCUT2D eigenvalue weighted by Gasteiger charge is -2.08. The monoisotopic (exact) mass is 252 g/mol. The number of nitriles is 1. The van der Waals surface area contributed by atoms with Gasteiger partial charge in [0.25, 0.3) is 0 Å². The quantitative estimate of drug-likeness (QED) is 0.767. The van der Waals surface area contributed by atoms with Crippen molar-refractivity contribution in [2.24, 2.45) is 0 Å². The number of hydrogen-bond donors (Lipinski definition) is 0. The van der Waals surface area contributed by atoms with Gasteiger partial charge in [0.15, 0.2) is 5.78 Å². The molecule has 0 aliphatic heterocycles. The van der Waals surface area contributed by atoms with Crippen LogP contribution >= 0.6 is 0 Å². The van der Waals surface area contributed by atoms with E-state index in [1.807, 2.05) is 36.4 Å². The fourth-order valence-corrected chi connectivity index (χ4v) is 1.61. The van der Waals surface area contributed by atoms with Gasteiger partial charge in [0.1, 0.15) is 6.61 Å². The van der Waals surface area contributed by atoms with Gasteiger partial charge < -0.3 is 4.74 Å². The molecule has 0 aliphatic carbocycles. The minimum absolute atomic E-state index is 0.173. The molecular weight excluding hydrogens is 240 g/mol. The summed E-state index contributed by atoms with van der Waals surface area (Å²) in [5.41, 5.74) is 1.34. The van der Waals surface area contributed by atoms with Gasteiger partial charge >= 0.3 is 0 Å². The van der Waals surface area contributed by atoms with Gasteiger partial charge in [-0.3, -0.25) is 4.79 Å². The third-order valence-electron chi connectivity index (χ3n) is 2.53. The molecule has 1 heterocycles. The molecule has 0 unspecified atom stereocenters. The highest BCUT2D eigenvalue weighted by molar-refractivity contribution is 5.99. The molecule has 0 spiro atoms. The van der Waals surface area contributed by atoms with Crippen molar-refractivity contribution in [3.63, 3.8) is 0 Å². The van der Waals surface area contributed by atoms with E-state index in [0.717, 1.165) is 5.56 Å². The average molecular weight is 252 g/mol. The number of ether oxygens (including phenoxy) is 1. The molecule has 0 aliphatic rings. The van der Waals surface area contributed by atoms with Crippen molar-refractivity contribution in [2.75, 3.05) is 0 Å². The second-order valence-corrected chi connectivity index (χ2v) is 3.89. The molecule has 0 amide bonds. The molecular formula is C15H12N2O2. The Kier molecular flexibility index (Phi) is 4.25. The van der Waals surface area contributed by atoms with Gasteiger partial charge in [-0.05, 0) is 17.7 Å². The Balaban J connectivity index is 2.12. The maximum atomic E-state index is 11.7. The van der Waals surface area contributed by atoms with E-state index in [2.05, 4.69) is 4.98 Å². The highest BCUT2D eigenvalue weighted by atomic mass is 16.5. The van der Waals surface area contributed by atoms with Gasteiger partial charge in [0, 0.05) is 6.20 Å². The van der Waals surface area contributed by atoms with Gasteiger partial charge in [0.2, 0.25) is 5.88 Å². The lowest BCUT2D eigenvalue weighted by molar-refractivity contribution is 0.0992. The molecule has 2 rings (SSSR count). The summed E-state index contributed by atoms with van der Waals surface area (Å²) in [5.74, 6) is -0.00901. The summed E-state index contributed by atoms with van der Waals surface area (Å²) < 4.78 is 5.55. The molecule has 0 saturated heterocycles. The van der Waals surface area contributed by atoms with Crippen molar-refractivity contribution in [1.29, 1.82) is 5.26 Å². The number of ketones is 1. The summed E-state index contributed by atoms with van der Waals surface area (Å²) in [6, 6.07) is 14.7. The zero-order valence-corrected chi connectivity index (χ0v) is 10.2. The Hall–Kier alpha value is -2.67. The van der Waals surface area contributed by atoms with Crippen molar-refractivity contribution in [1.82, 2.24) is 4.98 Å². The zero-order chi connectivity index (χ0) is 13.5. The van der Waals surface area contributed by atoms with E-state index in [9.17, 15) is 4.79 Å². The average Bonchev–Trinajstić information content (AvgIpc) is 2.47. The van der Waals surface area contributed by atoms with Crippen LogP contribution in [0.3, 0.4) is 0 Å². The Morgan fingerprint density at radius 1 is 1.21 bits per heavy atom. The van der Waals surface area contributed by atoms with Crippen LogP contribution in [0.1, 0.15) is 22.3 Å². The fraction of sp³-hybridized carbons (Fsp3) is 0.133. The molecule has 1 aromatic carbocycles. The fourth-order valence-electron chi connectivity index (χ4n) is 1.61. The third-order valence-corrected chi connectivity index (χ3v) is 2.53. The van der Waals surface area contributed by atoms with E-state index < -0.39 is 0 Å². The Morgan fingerprint density at radius 2 is 2.00 bits per heavy atom. The zero-order valence-electron chi connectivity index (χ0n) is 10.2. The summed E-state index contributed by atoms with van der Waals surface area (Å²) in [5, 5.41) is 8.56. The van der Waals surface area contributed by atoms with E-state index in [1.54, 1.807) is 18.3 Å². The number of carbonyl (C=O) groups is 1. The molecule has 2 aromatic rings. The number of nitrogens with zero attached hydrogens (tertiary/aromatic N) is 2. The van der Waals surface area contributed by atoms with E-state index in [0.29, 0.717) is 12.2 Å². The first-order valence-electron chi connectivity index (χ1n) is 5.83. The first kappa shape index (κ1) is 12.8. The van der Waals surface area contributed by atoms with Gasteiger partial charge in [-0.2, -0.15) is 5.26 Å². The minimum Gasteiger partial charge on any atom is -0.472 e. The van der Waals surface area contributed by atoms with Gasteiger partial charge in [-0.15, -0.1) is 0 Å². The molecule has 0 fully saturated rings. The molecule has 4 heteroatoms. The van der Waals surface area contributed by atoms with Crippen molar-refractivity contribution in [3.05, 3.63) is 59.8 Å². The third kappa shape index (κ3) is 3.39. The van der Waals surface area contributed by atoms with Crippen molar-refractivity contribution in [2.45, 2.75) is 13.0 Å². The lowest BCUT2D eigenvalue weighted by atomic mass is 10.1. The van der Waals surface area contributed by atoms with E-state index in [-0.39, 0.29) is 18.1 Å². The predicted octanol–water partition coefficient (Wildman–Crippen LogP) is 2.76. The van der Waals surface area contributed by atoms with Gasteiger partial charge in [-0.25, -0.2) is 4.98 Å². The number of rotatable bonds is 5. The van der Waals surface area contributed by atoms with Crippen LogP contribution in [0.5, 0.6) is 5.88 Å². The second kappa shape index (κ2) is 6.31. The Morgan fingerprint density at radius 3 is 2.74 bits per heavy atom. The normalized spacial score (nSPS) is 9.63. The summed E-state index contributed by atoms with van der Waals surface area (Å²) >= 11 is 0. The standard InChI is InChI=1S/C15H12N2O2/c16-9-8-14(18)13-7-4-10-17-15(13)19-11-12-5-2-1-3-6-12/h1-7,10H,8,11H2. The van der Waals surface area contributed by atoms with Crippen LogP contribution < -0.4 is 4.74 Å². The molecule has 19 heavy (non-hydrogen) atoms. The van der Waals surface area contributed by atoms with Crippen LogP contribution in [0, 0.1) is 11.3 Å². The van der Waals surface area contributed by atoms with E-state index in [4.69, 9.17) is 10.00 Å². The van der Waals surface area contributed by atoms with E-state index >= 15 is 0 Å². The number of aromatic nitrogens is 1. The minimum atomic E-state index is -0.279. The van der Waals surface area contributed by atoms with Crippen LogP contribution in [0.4, 0.5) is 0 Å². The topological polar surface area (TPSA) is 63.0 Å².